The fourth-order valence-electron chi connectivity index (χ4n) is 1.80. The number of ether oxygens (including phenoxy) is 1. The minimum atomic E-state index is -5.72. The van der Waals surface area contributed by atoms with E-state index in [9.17, 15) is 22.0 Å². The summed E-state index contributed by atoms with van der Waals surface area (Å²) in [4.78, 5) is 3.41. The lowest BCUT2D eigenvalue weighted by Crippen LogP contribution is -2.34. The molecule has 0 bridgehead atoms. The zero-order valence-corrected chi connectivity index (χ0v) is 10.2. The molecule has 0 aliphatic carbocycles. The normalized spacial score (nSPS) is 18.8. The van der Waals surface area contributed by atoms with E-state index in [0.717, 1.165) is 11.8 Å². The summed E-state index contributed by atoms with van der Waals surface area (Å²) in [5, 5.41) is 0. The van der Waals surface area contributed by atoms with Gasteiger partial charge in [0.1, 0.15) is 5.82 Å². The van der Waals surface area contributed by atoms with Gasteiger partial charge in [0.2, 0.25) is 0 Å². The Balaban J connectivity index is 2.41. The molecule has 2 rings (SSSR count). The number of nitrogens with zero attached hydrogens (tertiary/aromatic N) is 1. The monoisotopic (exact) mass is 294 g/mol. The molecular formula is C12H11F5N2O. The van der Waals surface area contributed by atoms with Crippen molar-refractivity contribution in [3.8, 4) is 0 Å². The molecule has 1 saturated heterocycles. The summed E-state index contributed by atoms with van der Waals surface area (Å²) in [6.45, 7) is 0.829. The van der Waals surface area contributed by atoms with Crippen LogP contribution in [0.4, 0.5) is 27.8 Å². The summed E-state index contributed by atoms with van der Waals surface area (Å²) in [6, 6.07) is 0.709. The van der Waals surface area contributed by atoms with Crippen LogP contribution >= 0.6 is 0 Å². The van der Waals surface area contributed by atoms with Gasteiger partial charge in [-0.25, -0.2) is 4.98 Å². The molecule has 110 valence electrons. The molecule has 0 radical (unpaired) electrons. The van der Waals surface area contributed by atoms with E-state index in [1.54, 1.807) is 0 Å². The van der Waals surface area contributed by atoms with Crippen molar-refractivity contribution in [1.29, 1.82) is 0 Å². The molecule has 1 aliphatic rings. The first kappa shape index (κ1) is 14.7. The van der Waals surface area contributed by atoms with Crippen molar-refractivity contribution >= 4 is 11.9 Å². The Labute approximate surface area is 111 Å². The van der Waals surface area contributed by atoms with Gasteiger partial charge < -0.3 is 10.5 Å². The second kappa shape index (κ2) is 5.01. The van der Waals surface area contributed by atoms with Crippen LogP contribution in [0.5, 0.6) is 0 Å². The van der Waals surface area contributed by atoms with E-state index in [1.165, 1.54) is 6.08 Å². The van der Waals surface area contributed by atoms with Gasteiger partial charge in [0.15, 0.2) is 0 Å². The Morgan fingerprint density at radius 2 is 1.95 bits per heavy atom. The number of hydrogen-bond acceptors (Lipinski definition) is 3. The minimum absolute atomic E-state index is 0.138. The number of rotatable bonds is 2. The molecule has 0 atom stereocenters. The average Bonchev–Trinajstić information content (AvgIpc) is 2.82. The first-order chi connectivity index (χ1) is 9.22. The summed E-state index contributed by atoms with van der Waals surface area (Å²) in [5.41, 5.74) is 4.75. The molecule has 2 heterocycles. The quantitative estimate of drug-likeness (QED) is 0.853. The summed E-state index contributed by atoms with van der Waals surface area (Å²) in [5.74, 6) is -5.87. The number of anilines is 1. The van der Waals surface area contributed by atoms with Gasteiger partial charge >= 0.3 is 12.1 Å². The Morgan fingerprint density at radius 1 is 1.25 bits per heavy atom. The third kappa shape index (κ3) is 2.74. The fraction of sp³-hybridized carbons (Fsp3) is 0.417. The molecule has 3 nitrogen and oxygen atoms in total. The van der Waals surface area contributed by atoms with E-state index in [2.05, 4.69) is 4.98 Å². The van der Waals surface area contributed by atoms with E-state index in [-0.39, 0.29) is 5.56 Å². The highest BCUT2D eigenvalue weighted by molar-refractivity contribution is 5.57. The molecule has 1 aromatic heterocycles. The molecule has 0 spiro atoms. The third-order valence-corrected chi connectivity index (χ3v) is 2.86. The van der Waals surface area contributed by atoms with Crippen molar-refractivity contribution in [3.05, 3.63) is 29.0 Å². The minimum Gasteiger partial charge on any atom is -0.383 e. The predicted octanol–water partition coefficient (Wildman–Crippen LogP) is 3.12. The summed E-state index contributed by atoms with van der Waals surface area (Å²) >= 11 is 0. The van der Waals surface area contributed by atoms with Gasteiger partial charge in [-0.15, -0.1) is 0 Å². The number of nitrogens with two attached hydrogens (primary N) is 1. The van der Waals surface area contributed by atoms with Crippen molar-refractivity contribution in [1.82, 2.24) is 4.98 Å². The topological polar surface area (TPSA) is 48.1 Å². The highest BCUT2D eigenvalue weighted by Gasteiger charge is 2.59. The third-order valence-electron chi connectivity index (χ3n) is 2.86. The molecule has 0 saturated carbocycles. The first-order valence-corrected chi connectivity index (χ1v) is 5.69. The van der Waals surface area contributed by atoms with Gasteiger partial charge in [-0.05, 0) is 23.6 Å². The summed E-state index contributed by atoms with van der Waals surface area (Å²) in [6.07, 6.45) is -2.48. The number of nitrogen functional groups attached to an aromatic ring is 1. The van der Waals surface area contributed by atoms with Gasteiger partial charge in [0.05, 0.1) is 18.8 Å². The molecule has 0 aromatic carbocycles. The van der Waals surface area contributed by atoms with Gasteiger partial charge in [-0.1, -0.05) is 6.08 Å². The zero-order valence-electron chi connectivity index (χ0n) is 10.2. The van der Waals surface area contributed by atoms with Crippen molar-refractivity contribution in [2.75, 3.05) is 18.9 Å². The molecule has 20 heavy (non-hydrogen) atoms. The van der Waals surface area contributed by atoms with Crippen LogP contribution < -0.4 is 5.73 Å². The number of pyridine rings is 1. The molecular weight excluding hydrogens is 283 g/mol. The lowest BCUT2D eigenvalue weighted by molar-refractivity contribution is -0.289. The highest BCUT2D eigenvalue weighted by atomic mass is 19.4. The Kier molecular flexibility index (Phi) is 3.68. The molecule has 8 heteroatoms. The van der Waals surface area contributed by atoms with Crippen LogP contribution in [0.15, 0.2) is 17.8 Å². The first-order valence-electron chi connectivity index (χ1n) is 5.69. The summed E-state index contributed by atoms with van der Waals surface area (Å²) < 4.78 is 68.8. The Hall–Kier alpha value is -1.70. The predicted molar refractivity (Wildman–Crippen MR) is 62.0 cm³/mol. The van der Waals surface area contributed by atoms with Crippen molar-refractivity contribution < 1.29 is 26.7 Å². The molecule has 1 fully saturated rings. The molecule has 0 unspecified atom stereocenters. The summed E-state index contributed by atoms with van der Waals surface area (Å²) in [7, 11) is 0. The van der Waals surface area contributed by atoms with Crippen LogP contribution in [0.1, 0.15) is 17.5 Å². The SMILES string of the molecule is Nc1ncc(/C=C2\CCOC2)cc1C(F)(F)C(F)(F)F. The maximum atomic E-state index is 13.3. The lowest BCUT2D eigenvalue weighted by Gasteiger charge is -2.21. The number of hydrogen-bond donors (Lipinski definition) is 1. The largest absolute Gasteiger partial charge is 0.458 e. The van der Waals surface area contributed by atoms with Crippen LogP contribution in [-0.2, 0) is 10.7 Å². The maximum absolute atomic E-state index is 13.3. The van der Waals surface area contributed by atoms with Crippen LogP contribution in [0, 0.1) is 0 Å². The Morgan fingerprint density at radius 3 is 2.50 bits per heavy atom. The van der Waals surface area contributed by atoms with Crippen LogP contribution in [-0.4, -0.2) is 24.4 Å². The number of aromatic nitrogens is 1. The van der Waals surface area contributed by atoms with Crippen molar-refractivity contribution in [2.45, 2.75) is 18.5 Å². The number of alkyl halides is 5. The second-order valence-corrected chi connectivity index (χ2v) is 4.38. The highest BCUT2D eigenvalue weighted by Crippen LogP contribution is 2.45. The zero-order chi connectivity index (χ0) is 15.0. The lowest BCUT2D eigenvalue weighted by atomic mass is 10.0. The van der Waals surface area contributed by atoms with Gasteiger partial charge in [-0.3, -0.25) is 0 Å². The number of halogens is 5. The van der Waals surface area contributed by atoms with Gasteiger partial charge in [0, 0.05) is 6.20 Å². The average molecular weight is 294 g/mol. The van der Waals surface area contributed by atoms with E-state index in [1.807, 2.05) is 0 Å². The fourth-order valence-corrected chi connectivity index (χ4v) is 1.80. The van der Waals surface area contributed by atoms with E-state index >= 15 is 0 Å². The standard InChI is InChI=1S/C12H11F5N2O/c13-11(14,12(15,16)17)9-4-8(5-19-10(9)18)3-7-1-2-20-6-7/h3-5H,1-2,6H2,(H2,18,19)/b7-3+. The van der Waals surface area contributed by atoms with Crippen LogP contribution in [0.3, 0.4) is 0 Å². The molecule has 1 aromatic rings. The van der Waals surface area contributed by atoms with Crippen molar-refractivity contribution in [3.63, 3.8) is 0 Å². The van der Waals surface area contributed by atoms with E-state index in [0.29, 0.717) is 25.7 Å². The smallest absolute Gasteiger partial charge is 0.383 e. The van der Waals surface area contributed by atoms with E-state index in [4.69, 9.17) is 10.5 Å². The molecule has 2 N–H and O–H groups in total. The van der Waals surface area contributed by atoms with Crippen LogP contribution in [0.2, 0.25) is 0 Å². The molecule has 0 amide bonds. The second-order valence-electron chi connectivity index (χ2n) is 4.38. The maximum Gasteiger partial charge on any atom is 0.458 e. The Bertz CT molecular complexity index is 531. The van der Waals surface area contributed by atoms with Gasteiger partial charge in [0.25, 0.3) is 0 Å². The van der Waals surface area contributed by atoms with Gasteiger partial charge in [-0.2, -0.15) is 22.0 Å². The van der Waals surface area contributed by atoms with Crippen LogP contribution in [0.25, 0.3) is 6.08 Å². The molecule has 1 aliphatic heterocycles. The van der Waals surface area contributed by atoms with E-state index < -0.39 is 23.5 Å². The van der Waals surface area contributed by atoms with Crippen molar-refractivity contribution in [2.24, 2.45) is 0 Å².